The molecule has 8 heteroatoms. The Morgan fingerprint density at radius 2 is 1.91 bits per heavy atom. The highest BCUT2D eigenvalue weighted by Crippen LogP contribution is 2.49. The first-order chi connectivity index (χ1) is 20.4. The van der Waals surface area contributed by atoms with Crippen LogP contribution in [0, 0.1) is 23.7 Å². The van der Waals surface area contributed by atoms with Crippen LogP contribution in [0.2, 0.25) is 0 Å². The lowest BCUT2D eigenvalue weighted by Crippen LogP contribution is -2.58. The largest absolute Gasteiger partial charge is 0.494 e. The predicted octanol–water partition coefficient (Wildman–Crippen LogP) is 5.05. The third-order valence-corrected chi connectivity index (χ3v) is 10.1. The molecule has 8 nitrogen and oxygen atoms in total. The molecule has 0 aromatic rings. The number of aliphatic hydroxyl groups excluding tert-OH is 2. The van der Waals surface area contributed by atoms with Gasteiger partial charge in [0.25, 0.3) is 0 Å². The number of allylic oxidation sites excluding steroid dienone is 5. The van der Waals surface area contributed by atoms with Gasteiger partial charge in [-0.05, 0) is 63.2 Å². The second kappa shape index (κ2) is 12.6. The molecule has 0 saturated carbocycles. The Balaban J connectivity index is 1.53. The summed E-state index contributed by atoms with van der Waals surface area (Å²) < 4.78 is 25.6. The average molecular weight is 599 g/mol. The van der Waals surface area contributed by atoms with Crippen LogP contribution in [-0.4, -0.2) is 69.8 Å². The third-order valence-electron chi connectivity index (χ3n) is 10.1. The molecule has 0 amide bonds. The Hall–Kier alpha value is -2.23. The van der Waals surface area contributed by atoms with E-state index in [0.717, 1.165) is 18.4 Å². The fourth-order valence-corrected chi connectivity index (χ4v) is 7.72. The number of rotatable bonds is 2. The molecular weight excluding hydrogens is 548 g/mol. The molecule has 0 unspecified atom stereocenters. The van der Waals surface area contributed by atoms with Gasteiger partial charge in [-0.1, -0.05) is 56.7 Å². The van der Waals surface area contributed by atoms with E-state index in [1.165, 1.54) is 5.57 Å². The van der Waals surface area contributed by atoms with Crippen molar-refractivity contribution in [2.24, 2.45) is 23.7 Å². The lowest BCUT2D eigenvalue weighted by molar-refractivity contribution is -0.342. The summed E-state index contributed by atoms with van der Waals surface area (Å²) in [4.78, 5) is 14.0. The summed E-state index contributed by atoms with van der Waals surface area (Å²) in [7, 11) is 0. The van der Waals surface area contributed by atoms with Crippen LogP contribution in [0.15, 0.2) is 58.9 Å². The van der Waals surface area contributed by atoms with E-state index in [9.17, 15) is 20.1 Å². The highest BCUT2D eigenvalue weighted by atomic mass is 16.7. The summed E-state index contributed by atoms with van der Waals surface area (Å²) in [5, 5.41) is 34.3. The van der Waals surface area contributed by atoms with Crippen LogP contribution in [0.3, 0.4) is 0 Å². The number of esters is 1. The van der Waals surface area contributed by atoms with E-state index >= 15 is 0 Å². The van der Waals surface area contributed by atoms with Crippen LogP contribution in [0.25, 0.3) is 0 Å². The highest BCUT2D eigenvalue weighted by molar-refractivity contribution is 5.78. The molecule has 0 aromatic carbocycles. The second-order valence-corrected chi connectivity index (χ2v) is 13.6. The predicted molar refractivity (Wildman–Crippen MR) is 162 cm³/mol. The molecule has 11 atom stereocenters. The molecule has 238 valence electrons. The van der Waals surface area contributed by atoms with E-state index in [1.54, 1.807) is 19.1 Å². The fraction of sp³-hybridized carbons (Fsp3) is 0.686. The summed E-state index contributed by atoms with van der Waals surface area (Å²) in [6, 6.07) is 0. The number of hydrogen-bond donors (Lipinski definition) is 3. The van der Waals surface area contributed by atoms with Crippen LogP contribution in [0.5, 0.6) is 0 Å². The second-order valence-electron chi connectivity index (χ2n) is 13.6. The monoisotopic (exact) mass is 598 g/mol. The van der Waals surface area contributed by atoms with Crippen LogP contribution in [0.4, 0.5) is 0 Å². The van der Waals surface area contributed by atoms with Gasteiger partial charge in [-0.25, -0.2) is 0 Å². The van der Waals surface area contributed by atoms with Crippen molar-refractivity contribution in [2.45, 2.75) is 122 Å². The molecule has 4 heterocycles. The first kappa shape index (κ1) is 32.2. The van der Waals surface area contributed by atoms with E-state index in [2.05, 4.69) is 39.0 Å². The van der Waals surface area contributed by atoms with Crippen molar-refractivity contribution in [2.75, 3.05) is 6.61 Å². The molecule has 3 saturated heterocycles. The van der Waals surface area contributed by atoms with Gasteiger partial charge in [0.05, 0.1) is 36.9 Å². The number of aliphatic hydroxyl groups is 3. The molecule has 43 heavy (non-hydrogen) atoms. The third kappa shape index (κ3) is 6.32. The van der Waals surface area contributed by atoms with Crippen molar-refractivity contribution in [3.63, 3.8) is 0 Å². The molecule has 5 rings (SSSR count). The summed E-state index contributed by atoms with van der Waals surface area (Å²) >= 11 is 0. The van der Waals surface area contributed by atoms with Crippen molar-refractivity contribution in [3.8, 4) is 0 Å². The van der Waals surface area contributed by atoms with E-state index in [1.807, 2.05) is 19.9 Å². The number of ether oxygens (including phenoxy) is 4. The number of fused-ring (bicyclic) bond motifs is 2. The van der Waals surface area contributed by atoms with Crippen molar-refractivity contribution in [1.29, 1.82) is 0 Å². The van der Waals surface area contributed by atoms with Gasteiger partial charge in [0, 0.05) is 25.2 Å². The lowest BCUT2D eigenvalue weighted by atomic mass is 9.68. The summed E-state index contributed by atoms with van der Waals surface area (Å²) in [6.45, 7) is 12.2. The van der Waals surface area contributed by atoms with Crippen LogP contribution in [-0.2, 0) is 23.7 Å². The maximum Gasteiger partial charge on any atom is 0.316 e. The van der Waals surface area contributed by atoms with Gasteiger partial charge < -0.3 is 34.3 Å². The van der Waals surface area contributed by atoms with E-state index < -0.39 is 47.5 Å². The standard InChI is InChI=1S/C35H50O8/c1-7-9-22(4)32-24(6)29(36)18-34(43-32)17-26-16-25(42-34)13-12-21(3)14-20(2)10-8-11-30-35(39)27(33(38)41-26)15-23(5)31(37)28(35)19-40-30/h8-12,15,20,24-29,31-32,36-37,39H,7,13-14,16-19H2,1-6H3/b10-8+,21-12+,22-9+,30-11-/t20-,24-,25+,26+,27-,28+,29-,31-,32+,34-,35+/m0/s1. The molecule has 2 bridgehead atoms. The van der Waals surface area contributed by atoms with Gasteiger partial charge in [-0.15, -0.1) is 0 Å². The number of carbonyl (C=O) groups is 1. The summed E-state index contributed by atoms with van der Waals surface area (Å²) in [6.07, 6.45) is 12.2. The Morgan fingerprint density at radius 3 is 2.65 bits per heavy atom. The molecule has 3 fully saturated rings. The molecular formula is C35H50O8. The first-order valence-corrected chi connectivity index (χ1v) is 16.0. The molecule has 1 aliphatic carbocycles. The lowest BCUT2D eigenvalue weighted by Gasteiger charge is -2.51. The minimum Gasteiger partial charge on any atom is -0.494 e. The van der Waals surface area contributed by atoms with Crippen LogP contribution in [0.1, 0.15) is 80.1 Å². The van der Waals surface area contributed by atoms with Crippen molar-refractivity contribution in [3.05, 3.63) is 58.9 Å². The zero-order valence-electron chi connectivity index (χ0n) is 26.5. The number of carbonyl (C=O) groups excluding carboxylic acids is 1. The SMILES string of the molecule is CC/C=C(\C)[C@H]1O[C@@]2(C[C@H]3C[C@@H](C/C=C(\C)C[C@@H](C)/C=C/C=C4\OC[C@@H]5[C@@H](O)C(C)=C[C@@H](C(=O)O3)[C@]45O)O2)C[C@H](O)[C@@H]1C. The van der Waals surface area contributed by atoms with E-state index in [-0.39, 0.29) is 49.3 Å². The Labute approximate surface area is 256 Å². The molecule has 4 aliphatic heterocycles. The first-order valence-electron chi connectivity index (χ1n) is 16.0. The molecule has 0 radical (unpaired) electrons. The van der Waals surface area contributed by atoms with Crippen LogP contribution >= 0.6 is 0 Å². The number of hydrogen-bond acceptors (Lipinski definition) is 8. The van der Waals surface area contributed by atoms with Gasteiger partial charge in [0.1, 0.15) is 23.4 Å². The maximum atomic E-state index is 14.0. The van der Waals surface area contributed by atoms with Gasteiger partial charge in [0.2, 0.25) is 0 Å². The normalized spacial score (nSPS) is 47.3. The Kier molecular flexibility index (Phi) is 9.46. The van der Waals surface area contributed by atoms with E-state index in [4.69, 9.17) is 18.9 Å². The smallest absolute Gasteiger partial charge is 0.316 e. The molecule has 5 aliphatic rings. The summed E-state index contributed by atoms with van der Waals surface area (Å²) in [5.74, 6) is -3.06. The van der Waals surface area contributed by atoms with Crippen molar-refractivity contribution < 1.29 is 39.1 Å². The Bertz CT molecular complexity index is 1210. The minimum atomic E-state index is -1.74. The maximum absolute atomic E-state index is 14.0. The van der Waals surface area contributed by atoms with Crippen LogP contribution < -0.4 is 0 Å². The van der Waals surface area contributed by atoms with Gasteiger partial charge >= 0.3 is 5.97 Å². The van der Waals surface area contributed by atoms with Gasteiger partial charge in [-0.2, -0.15) is 0 Å². The quantitative estimate of drug-likeness (QED) is 0.299. The van der Waals surface area contributed by atoms with Crippen molar-refractivity contribution in [1.82, 2.24) is 0 Å². The topological polar surface area (TPSA) is 115 Å². The molecule has 3 N–H and O–H groups in total. The minimum absolute atomic E-state index is 0.0993. The van der Waals surface area contributed by atoms with E-state index in [0.29, 0.717) is 18.4 Å². The zero-order valence-corrected chi connectivity index (χ0v) is 26.5. The highest BCUT2D eigenvalue weighted by Gasteiger charge is 2.61. The summed E-state index contributed by atoms with van der Waals surface area (Å²) in [5.41, 5.74) is 1.14. The fourth-order valence-electron chi connectivity index (χ4n) is 7.72. The molecule has 1 spiro atoms. The van der Waals surface area contributed by atoms with Crippen molar-refractivity contribution >= 4 is 5.97 Å². The van der Waals surface area contributed by atoms with Gasteiger partial charge in [0.15, 0.2) is 5.79 Å². The molecule has 0 aromatic heterocycles. The zero-order chi connectivity index (χ0) is 31.1. The average Bonchev–Trinajstić information content (AvgIpc) is 3.28. The van der Waals surface area contributed by atoms with Gasteiger partial charge in [-0.3, -0.25) is 4.79 Å². The Morgan fingerprint density at radius 1 is 1.14 bits per heavy atom.